The summed E-state index contributed by atoms with van der Waals surface area (Å²) in [6, 6.07) is 0. The van der Waals surface area contributed by atoms with E-state index in [0.717, 1.165) is 57.8 Å². The molecule has 0 aliphatic carbocycles. The highest BCUT2D eigenvalue weighted by atomic mass is 16.5. The Morgan fingerprint density at radius 1 is 0.600 bits per heavy atom. The fourth-order valence-electron chi connectivity index (χ4n) is 3.10. The lowest BCUT2D eigenvalue weighted by Crippen LogP contribution is -2.03. The first-order valence-corrected chi connectivity index (χ1v) is 13.4. The third kappa shape index (κ3) is 27.6. The molecule has 0 heterocycles. The largest absolute Gasteiger partial charge is 0.381 e. The van der Waals surface area contributed by atoms with Gasteiger partial charge >= 0.3 is 0 Å². The molecule has 0 saturated carbocycles. The molecule has 0 aromatic heterocycles. The van der Waals surface area contributed by atoms with Gasteiger partial charge in [-0.25, -0.2) is 0 Å². The highest BCUT2D eigenvalue weighted by Crippen LogP contribution is 2.02. The monoisotopic (exact) mass is 480 g/mol. The minimum atomic E-state index is 0.140. The number of hydrogen-bond donors (Lipinski definition) is 0. The maximum atomic E-state index is 11.9. The van der Waals surface area contributed by atoms with Crippen molar-refractivity contribution in [2.45, 2.75) is 90.9 Å². The quantitative estimate of drug-likeness (QED) is 0.0834. The highest BCUT2D eigenvalue weighted by Gasteiger charge is 2.01. The molecule has 0 fully saturated rings. The van der Waals surface area contributed by atoms with Crippen LogP contribution in [0.3, 0.4) is 0 Å². The molecule has 0 saturated heterocycles. The highest BCUT2D eigenvalue weighted by molar-refractivity contribution is 5.89. The molecule has 0 aromatic rings. The molecule has 0 spiro atoms. The van der Waals surface area contributed by atoms with Gasteiger partial charge in [-0.3, -0.25) is 9.59 Å². The predicted octanol–water partition coefficient (Wildman–Crippen LogP) is 8.76. The second kappa shape index (κ2) is 27.7. The van der Waals surface area contributed by atoms with E-state index in [-0.39, 0.29) is 11.6 Å². The Hall–Kier alpha value is -2.52. The van der Waals surface area contributed by atoms with Crippen molar-refractivity contribution in [1.82, 2.24) is 0 Å². The van der Waals surface area contributed by atoms with Crippen molar-refractivity contribution < 1.29 is 14.3 Å². The van der Waals surface area contributed by atoms with E-state index in [9.17, 15) is 9.59 Å². The molecule has 0 N–H and O–H groups in total. The van der Waals surface area contributed by atoms with E-state index < -0.39 is 0 Å². The number of rotatable bonds is 23. The van der Waals surface area contributed by atoms with Gasteiger partial charge in [-0.1, -0.05) is 85.9 Å². The van der Waals surface area contributed by atoms with E-state index in [0.29, 0.717) is 32.5 Å². The summed E-state index contributed by atoms with van der Waals surface area (Å²) in [7, 11) is 0. The number of hydrogen-bond acceptors (Lipinski definition) is 3. The molecule has 3 heteroatoms. The van der Waals surface area contributed by atoms with Crippen LogP contribution in [0.5, 0.6) is 0 Å². The topological polar surface area (TPSA) is 43.4 Å². The van der Waals surface area contributed by atoms with Crippen LogP contribution in [-0.2, 0) is 14.3 Å². The molecule has 0 amide bonds. The number of carbonyl (C=O) groups is 2. The summed E-state index contributed by atoms with van der Waals surface area (Å²) < 4.78 is 5.49. The maximum Gasteiger partial charge on any atom is 0.155 e. The molecule has 0 unspecified atom stereocenters. The van der Waals surface area contributed by atoms with Gasteiger partial charge in [0, 0.05) is 32.5 Å². The van der Waals surface area contributed by atoms with Crippen LogP contribution in [-0.4, -0.2) is 24.8 Å². The number of Topliss-reactive ketones (excluding diaryl/α,β-unsaturated/α-hetero) is 1. The molecular weight excluding hydrogens is 432 g/mol. The summed E-state index contributed by atoms with van der Waals surface area (Å²) in [6.07, 6.45) is 39.5. The Labute approximate surface area is 215 Å². The third-order valence-corrected chi connectivity index (χ3v) is 5.00. The number of carbonyl (C=O) groups excluding carboxylic acids is 2. The molecule has 0 atom stereocenters. The smallest absolute Gasteiger partial charge is 0.155 e. The minimum absolute atomic E-state index is 0.140. The minimum Gasteiger partial charge on any atom is -0.381 e. The average Bonchev–Trinajstić information content (AvgIpc) is 2.85. The van der Waals surface area contributed by atoms with E-state index in [2.05, 4.69) is 79.8 Å². The van der Waals surface area contributed by atoms with Crippen LogP contribution in [0, 0.1) is 0 Å². The fourth-order valence-corrected chi connectivity index (χ4v) is 3.10. The second-order valence-electron chi connectivity index (χ2n) is 8.28. The van der Waals surface area contributed by atoms with E-state index in [1.807, 2.05) is 6.92 Å². The van der Waals surface area contributed by atoms with Crippen LogP contribution < -0.4 is 0 Å². The lowest BCUT2D eigenvalue weighted by atomic mass is 10.1. The first-order valence-electron chi connectivity index (χ1n) is 13.4. The van der Waals surface area contributed by atoms with Crippen molar-refractivity contribution in [3.05, 3.63) is 85.1 Å². The maximum absolute atomic E-state index is 11.9. The first kappa shape index (κ1) is 32.5. The summed E-state index contributed by atoms with van der Waals surface area (Å²) >= 11 is 0. The SMILES string of the molecule is C/C=C/C(=O)CCCOCCCC(=O)CC/C=C\C/C=C\C/C=C\C/C=C\C/C=C\C/C=C\CC. The second-order valence-corrected chi connectivity index (χ2v) is 8.28. The van der Waals surface area contributed by atoms with Crippen LogP contribution >= 0.6 is 0 Å². The van der Waals surface area contributed by atoms with Crippen molar-refractivity contribution >= 4 is 11.6 Å². The molecule has 0 rings (SSSR count). The van der Waals surface area contributed by atoms with Gasteiger partial charge in [0.05, 0.1) is 0 Å². The van der Waals surface area contributed by atoms with Crippen molar-refractivity contribution in [2.24, 2.45) is 0 Å². The summed E-state index contributed by atoms with van der Waals surface area (Å²) in [5.41, 5.74) is 0. The molecule has 3 nitrogen and oxygen atoms in total. The summed E-state index contributed by atoms with van der Waals surface area (Å²) in [5, 5.41) is 0. The Morgan fingerprint density at radius 2 is 1.06 bits per heavy atom. The zero-order valence-electron chi connectivity index (χ0n) is 22.2. The molecule has 0 aliphatic heterocycles. The first-order chi connectivity index (χ1) is 17.2. The third-order valence-electron chi connectivity index (χ3n) is 5.00. The summed E-state index contributed by atoms with van der Waals surface area (Å²) in [4.78, 5) is 23.2. The number of ketones is 2. The van der Waals surface area contributed by atoms with Gasteiger partial charge in [0.15, 0.2) is 5.78 Å². The van der Waals surface area contributed by atoms with Gasteiger partial charge in [0.25, 0.3) is 0 Å². The molecule has 0 radical (unpaired) electrons. The van der Waals surface area contributed by atoms with Crippen LogP contribution in [0.25, 0.3) is 0 Å². The van der Waals surface area contributed by atoms with E-state index in [1.54, 1.807) is 12.2 Å². The number of allylic oxidation sites excluding steroid dienone is 14. The molecule has 35 heavy (non-hydrogen) atoms. The van der Waals surface area contributed by atoms with Gasteiger partial charge in [0.1, 0.15) is 5.78 Å². The summed E-state index contributed by atoms with van der Waals surface area (Å²) in [5.74, 6) is 0.428. The lowest BCUT2D eigenvalue weighted by Gasteiger charge is -2.03. The Bertz CT molecular complexity index is 717. The Balaban J connectivity index is 3.55. The zero-order chi connectivity index (χ0) is 25.7. The molecule has 0 aliphatic rings. The standard InChI is InChI=1S/C32H48O3/c1-3-5-6-7-8-9-10-11-12-13-14-15-16-17-18-19-20-21-22-26-32(34)28-24-30-35-29-23-27-31(33)25-4-2/h4-6,8-9,11-12,14-15,17-18,20-21,25H,3,7,10,13,16,19,22-24,26-30H2,1-2H3/b6-5-,9-8-,12-11-,15-14-,18-17-,21-20-,25-4+. The summed E-state index contributed by atoms with van der Waals surface area (Å²) in [6.45, 7) is 5.16. The predicted molar refractivity (Wildman–Crippen MR) is 152 cm³/mol. The lowest BCUT2D eigenvalue weighted by molar-refractivity contribution is -0.119. The van der Waals surface area contributed by atoms with Gasteiger partial charge in [0.2, 0.25) is 0 Å². The average molecular weight is 481 g/mol. The van der Waals surface area contributed by atoms with Crippen LogP contribution in [0.4, 0.5) is 0 Å². The normalized spacial score (nSPS) is 12.9. The van der Waals surface area contributed by atoms with Crippen molar-refractivity contribution in [3.8, 4) is 0 Å². The Morgan fingerprint density at radius 3 is 1.54 bits per heavy atom. The van der Waals surface area contributed by atoms with Crippen LogP contribution in [0.2, 0.25) is 0 Å². The van der Waals surface area contributed by atoms with Crippen molar-refractivity contribution in [2.75, 3.05) is 13.2 Å². The van der Waals surface area contributed by atoms with E-state index in [1.165, 1.54) is 0 Å². The van der Waals surface area contributed by atoms with Gasteiger partial charge in [-0.2, -0.15) is 0 Å². The van der Waals surface area contributed by atoms with Crippen LogP contribution in [0.1, 0.15) is 90.9 Å². The molecular formula is C32H48O3. The van der Waals surface area contributed by atoms with E-state index >= 15 is 0 Å². The molecule has 194 valence electrons. The van der Waals surface area contributed by atoms with E-state index in [4.69, 9.17) is 4.74 Å². The van der Waals surface area contributed by atoms with Gasteiger partial charge in [-0.05, 0) is 70.8 Å². The zero-order valence-corrected chi connectivity index (χ0v) is 22.2. The fraction of sp³-hybridized carbons (Fsp3) is 0.500. The van der Waals surface area contributed by atoms with Gasteiger partial charge < -0.3 is 4.74 Å². The molecule has 0 bridgehead atoms. The Kier molecular flexibility index (Phi) is 25.7. The van der Waals surface area contributed by atoms with Crippen molar-refractivity contribution in [1.29, 1.82) is 0 Å². The van der Waals surface area contributed by atoms with Gasteiger partial charge in [-0.15, -0.1) is 0 Å². The molecule has 0 aromatic carbocycles. The van der Waals surface area contributed by atoms with Crippen molar-refractivity contribution in [3.63, 3.8) is 0 Å². The number of ether oxygens (including phenoxy) is 1. The van der Waals surface area contributed by atoms with Crippen LogP contribution in [0.15, 0.2) is 85.1 Å².